The molecular weight excluding hydrogens is 460 g/mol. The summed E-state index contributed by atoms with van der Waals surface area (Å²) in [5.74, 6) is 0.748. The second-order valence-electron chi connectivity index (χ2n) is 9.68. The van der Waals surface area contributed by atoms with E-state index in [0.29, 0.717) is 44.2 Å². The highest BCUT2D eigenvalue weighted by atomic mass is 16.6. The molecule has 196 valence electrons. The summed E-state index contributed by atoms with van der Waals surface area (Å²) >= 11 is 0. The highest BCUT2D eigenvalue weighted by Crippen LogP contribution is 2.25. The van der Waals surface area contributed by atoms with E-state index >= 15 is 0 Å². The van der Waals surface area contributed by atoms with Crippen molar-refractivity contribution in [1.29, 1.82) is 0 Å². The van der Waals surface area contributed by atoms with Crippen LogP contribution in [0.4, 0.5) is 22.1 Å². The molecule has 0 spiro atoms. The molecule has 1 aromatic carbocycles. The van der Waals surface area contributed by atoms with E-state index in [2.05, 4.69) is 26.3 Å². The first-order chi connectivity index (χ1) is 17.2. The lowest BCUT2D eigenvalue weighted by atomic mass is 10.1. The number of nitrogens with zero attached hydrogens (tertiary/aromatic N) is 2. The van der Waals surface area contributed by atoms with Crippen molar-refractivity contribution >= 4 is 29.3 Å². The monoisotopic (exact) mass is 498 g/mol. The van der Waals surface area contributed by atoms with Gasteiger partial charge in [-0.25, -0.2) is 14.8 Å². The van der Waals surface area contributed by atoms with Crippen molar-refractivity contribution in [1.82, 2.24) is 20.6 Å². The number of aromatic nitrogens is 2. The minimum absolute atomic E-state index is 0.240. The summed E-state index contributed by atoms with van der Waals surface area (Å²) in [4.78, 5) is 34.0. The van der Waals surface area contributed by atoms with Gasteiger partial charge in [0.15, 0.2) is 17.3 Å². The number of ether oxygens (including phenoxy) is 2. The number of anilines is 3. The Morgan fingerprint density at radius 1 is 1.14 bits per heavy atom. The molecule has 1 aromatic heterocycles. The second-order valence-corrected chi connectivity index (χ2v) is 9.68. The summed E-state index contributed by atoms with van der Waals surface area (Å²) < 4.78 is 10.7. The molecule has 2 heterocycles. The molecule has 2 amide bonds. The van der Waals surface area contributed by atoms with Crippen LogP contribution in [0.15, 0.2) is 24.3 Å². The van der Waals surface area contributed by atoms with E-state index < -0.39 is 11.7 Å². The van der Waals surface area contributed by atoms with Crippen molar-refractivity contribution in [3.8, 4) is 0 Å². The van der Waals surface area contributed by atoms with Crippen LogP contribution in [0, 0.1) is 0 Å². The van der Waals surface area contributed by atoms with Gasteiger partial charge in [0.1, 0.15) is 5.60 Å². The Balaban J connectivity index is 1.76. The van der Waals surface area contributed by atoms with E-state index in [1.807, 2.05) is 52.0 Å². The minimum Gasteiger partial charge on any atom is -0.444 e. The maximum absolute atomic E-state index is 12.6. The number of hydrogen-bond acceptors (Lipinski definition) is 8. The third-order valence-electron chi connectivity index (χ3n) is 5.58. The molecule has 10 heteroatoms. The van der Waals surface area contributed by atoms with Gasteiger partial charge in [-0.3, -0.25) is 4.79 Å². The van der Waals surface area contributed by atoms with Gasteiger partial charge in [0.05, 0.1) is 5.69 Å². The normalized spacial score (nSPS) is 14.1. The van der Waals surface area contributed by atoms with Crippen molar-refractivity contribution < 1.29 is 19.1 Å². The molecule has 1 fully saturated rings. The molecule has 4 N–H and O–H groups in total. The van der Waals surface area contributed by atoms with Crippen LogP contribution in [0.1, 0.15) is 62.3 Å². The van der Waals surface area contributed by atoms with E-state index in [9.17, 15) is 9.59 Å². The fourth-order valence-electron chi connectivity index (χ4n) is 3.80. The molecule has 1 saturated heterocycles. The predicted octanol–water partition coefficient (Wildman–Crippen LogP) is 3.80. The average molecular weight is 499 g/mol. The van der Waals surface area contributed by atoms with Crippen LogP contribution < -0.4 is 21.3 Å². The van der Waals surface area contributed by atoms with E-state index in [0.717, 1.165) is 29.8 Å². The molecule has 36 heavy (non-hydrogen) atoms. The molecular formula is C26H38N6O4. The van der Waals surface area contributed by atoms with Gasteiger partial charge >= 0.3 is 6.09 Å². The Morgan fingerprint density at radius 2 is 1.89 bits per heavy atom. The smallest absolute Gasteiger partial charge is 0.407 e. The fraction of sp³-hybridized carbons (Fsp3) is 0.538. The summed E-state index contributed by atoms with van der Waals surface area (Å²) in [5.41, 5.74) is 2.22. The molecule has 0 aliphatic carbocycles. The zero-order valence-electron chi connectivity index (χ0n) is 21.9. The minimum atomic E-state index is -0.538. The molecule has 0 atom stereocenters. The lowest BCUT2D eigenvalue weighted by Gasteiger charge is -2.25. The van der Waals surface area contributed by atoms with Crippen LogP contribution in [-0.2, 0) is 22.3 Å². The van der Waals surface area contributed by atoms with Gasteiger partial charge in [0.25, 0.3) is 5.91 Å². The summed E-state index contributed by atoms with van der Waals surface area (Å²) in [5, 5.41) is 12.2. The number of benzene rings is 1. The summed E-state index contributed by atoms with van der Waals surface area (Å²) in [6, 6.07) is 8.01. The van der Waals surface area contributed by atoms with Crippen LogP contribution in [0.3, 0.4) is 0 Å². The molecule has 2 aromatic rings. The van der Waals surface area contributed by atoms with Gasteiger partial charge in [-0.1, -0.05) is 19.1 Å². The summed E-state index contributed by atoms with van der Waals surface area (Å²) in [7, 11) is 1.58. The highest BCUT2D eigenvalue weighted by molar-refractivity contribution is 5.97. The van der Waals surface area contributed by atoms with E-state index in [1.165, 1.54) is 0 Å². The van der Waals surface area contributed by atoms with Crippen molar-refractivity contribution in [3.63, 3.8) is 0 Å². The Bertz CT molecular complexity index is 1050. The van der Waals surface area contributed by atoms with Crippen LogP contribution in [-0.4, -0.2) is 60.4 Å². The first-order valence-corrected chi connectivity index (χ1v) is 12.5. The Morgan fingerprint density at radius 3 is 2.56 bits per heavy atom. The summed E-state index contributed by atoms with van der Waals surface area (Å²) in [6.45, 7) is 9.34. The van der Waals surface area contributed by atoms with Crippen molar-refractivity contribution in [2.45, 2.75) is 65.0 Å². The van der Waals surface area contributed by atoms with Crippen LogP contribution in [0.5, 0.6) is 0 Å². The van der Waals surface area contributed by atoms with Crippen molar-refractivity contribution in [2.24, 2.45) is 0 Å². The average Bonchev–Trinajstić information content (AvgIpc) is 2.83. The lowest BCUT2D eigenvalue weighted by molar-refractivity contribution is 0.0528. The Hall–Kier alpha value is -3.40. The van der Waals surface area contributed by atoms with Gasteiger partial charge in [0, 0.05) is 38.5 Å². The van der Waals surface area contributed by atoms with E-state index in [1.54, 1.807) is 7.05 Å². The topological polar surface area (TPSA) is 127 Å². The molecule has 0 unspecified atom stereocenters. The van der Waals surface area contributed by atoms with Gasteiger partial charge in [-0.15, -0.1) is 0 Å². The number of rotatable bonds is 9. The molecule has 0 radical (unpaired) electrons. The first kappa shape index (κ1) is 27.2. The number of nitrogens with one attached hydrogen (secondary N) is 4. The number of carbonyl (C=O) groups excluding carboxylic acids is 2. The van der Waals surface area contributed by atoms with Crippen molar-refractivity contribution in [3.05, 3.63) is 41.2 Å². The zero-order valence-corrected chi connectivity index (χ0v) is 21.9. The van der Waals surface area contributed by atoms with Gasteiger partial charge in [-0.05, 0) is 64.2 Å². The largest absolute Gasteiger partial charge is 0.444 e. The van der Waals surface area contributed by atoms with Crippen LogP contribution >= 0.6 is 0 Å². The van der Waals surface area contributed by atoms with Crippen molar-refractivity contribution in [2.75, 3.05) is 37.4 Å². The number of hydrogen-bond donors (Lipinski definition) is 4. The Labute approximate surface area is 213 Å². The van der Waals surface area contributed by atoms with E-state index in [-0.39, 0.29) is 17.6 Å². The SMILES string of the molecule is CCc1nc(C(=O)NC)c(Nc2cccc(CCNC(=O)OC(C)(C)C)c2)nc1NC1CCOCC1. The van der Waals surface area contributed by atoms with Gasteiger partial charge in [-0.2, -0.15) is 0 Å². The molecule has 1 aliphatic rings. The summed E-state index contributed by atoms with van der Waals surface area (Å²) in [6.07, 6.45) is 2.61. The standard InChI is InChI=1S/C26H38N6O4/c1-6-20-22(29-18-11-14-35-15-12-18)32-23(21(31-20)24(33)27-5)30-19-9-7-8-17(16-19)10-13-28-25(34)36-26(2,3)4/h7-9,16,18H,6,10-15H2,1-5H3,(H,27,33)(H,28,34)(H2,29,30,32). The van der Waals surface area contributed by atoms with Crippen LogP contribution in [0.2, 0.25) is 0 Å². The molecule has 1 aliphatic heterocycles. The number of alkyl carbamates (subject to hydrolysis) is 1. The van der Waals surface area contributed by atoms with E-state index in [4.69, 9.17) is 14.5 Å². The molecule has 0 bridgehead atoms. The molecule has 10 nitrogen and oxygen atoms in total. The number of carbonyl (C=O) groups is 2. The van der Waals surface area contributed by atoms with Crippen LogP contribution in [0.25, 0.3) is 0 Å². The fourth-order valence-corrected chi connectivity index (χ4v) is 3.80. The lowest BCUT2D eigenvalue weighted by Crippen LogP contribution is -2.33. The molecule has 0 saturated carbocycles. The van der Waals surface area contributed by atoms with Gasteiger partial charge < -0.3 is 30.7 Å². The maximum atomic E-state index is 12.6. The third kappa shape index (κ3) is 8.08. The highest BCUT2D eigenvalue weighted by Gasteiger charge is 2.21. The molecule has 3 rings (SSSR count). The second kappa shape index (κ2) is 12.5. The maximum Gasteiger partial charge on any atom is 0.407 e. The Kier molecular flexibility index (Phi) is 9.46. The quantitative estimate of drug-likeness (QED) is 0.411. The van der Waals surface area contributed by atoms with Gasteiger partial charge in [0.2, 0.25) is 0 Å². The third-order valence-corrected chi connectivity index (χ3v) is 5.58. The number of aryl methyl sites for hydroxylation is 1. The zero-order chi connectivity index (χ0) is 26.1. The number of amides is 2. The first-order valence-electron chi connectivity index (χ1n) is 12.5. The predicted molar refractivity (Wildman–Crippen MR) is 140 cm³/mol.